The number of imidazole rings is 1. The number of aromatic nitrogens is 4. The minimum Gasteiger partial charge on any atom is -0.391 e. The Bertz CT molecular complexity index is 1260. The Labute approximate surface area is 205 Å². The maximum atomic E-state index is 14.6. The standard InChI is InChI=1S/C23H26ClF2N7O2/c24-13-8-15(26)17(9-14(13)25)30-23-31-18-10-28-22(29-16-2-1-3-19(16)34)32-21(18)33(23)12-6-4-11(5-7-12)20(27)35/h8-12,16,19,34H,1-7H2,(H2,27,35)(H,30,31)(H,28,29,32)/t11?,12?,16?,19-/m1/s1. The van der Waals surface area contributed by atoms with Gasteiger partial charge in [-0.2, -0.15) is 4.98 Å². The zero-order valence-electron chi connectivity index (χ0n) is 18.8. The largest absolute Gasteiger partial charge is 0.391 e. The first-order valence-corrected chi connectivity index (χ1v) is 12.1. The lowest BCUT2D eigenvalue weighted by atomic mass is 9.85. The molecule has 9 nitrogen and oxygen atoms in total. The summed E-state index contributed by atoms with van der Waals surface area (Å²) >= 11 is 5.70. The zero-order chi connectivity index (χ0) is 24.7. The van der Waals surface area contributed by atoms with E-state index < -0.39 is 17.7 Å². The van der Waals surface area contributed by atoms with Crippen LogP contribution in [0.1, 0.15) is 51.0 Å². The highest BCUT2D eigenvalue weighted by atomic mass is 35.5. The third-order valence-electron chi connectivity index (χ3n) is 6.95. The van der Waals surface area contributed by atoms with E-state index in [-0.39, 0.29) is 40.6 Å². The van der Waals surface area contributed by atoms with Crippen LogP contribution in [-0.2, 0) is 4.79 Å². The van der Waals surface area contributed by atoms with Gasteiger partial charge in [-0.1, -0.05) is 11.6 Å². The van der Waals surface area contributed by atoms with Crippen LogP contribution < -0.4 is 16.4 Å². The van der Waals surface area contributed by atoms with E-state index in [0.717, 1.165) is 31.4 Å². The Morgan fingerprint density at radius 3 is 2.57 bits per heavy atom. The van der Waals surface area contributed by atoms with Crippen LogP contribution in [0.3, 0.4) is 0 Å². The summed E-state index contributed by atoms with van der Waals surface area (Å²) in [5.74, 6) is -1.38. The summed E-state index contributed by atoms with van der Waals surface area (Å²) in [6, 6.07) is 1.64. The molecule has 2 aliphatic carbocycles. The van der Waals surface area contributed by atoms with Gasteiger partial charge in [0.1, 0.15) is 17.2 Å². The van der Waals surface area contributed by atoms with E-state index in [1.807, 2.05) is 4.57 Å². The maximum absolute atomic E-state index is 14.6. The van der Waals surface area contributed by atoms with Gasteiger partial charge in [0, 0.05) is 18.0 Å². The molecule has 0 saturated heterocycles. The van der Waals surface area contributed by atoms with Crippen LogP contribution in [0.25, 0.3) is 11.2 Å². The zero-order valence-corrected chi connectivity index (χ0v) is 19.6. The molecule has 0 radical (unpaired) electrons. The Morgan fingerprint density at radius 2 is 1.89 bits per heavy atom. The van der Waals surface area contributed by atoms with Crippen molar-refractivity contribution in [3.05, 3.63) is 35.0 Å². The van der Waals surface area contributed by atoms with Crippen LogP contribution in [0.4, 0.5) is 26.4 Å². The molecule has 35 heavy (non-hydrogen) atoms. The summed E-state index contributed by atoms with van der Waals surface area (Å²) in [5.41, 5.74) is 6.36. The molecule has 0 aliphatic heterocycles. The third kappa shape index (κ3) is 4.74. The summed E-state index contributed by atoms with van der Waals surface area (Å²) in [6.45, 7) is 0. The van der Waals surface area contributed by atoms with E-state index in [2.05, 4.69) is 25.6 Å². The van der Waals surface area contributed by atoms with Gasteiger partial charge in [-0.15, -0.1) is 0 Å². The van der Waals surface area contributed by atoms with E-state index in [4.69, 9.17) is 17.3 Å². The highest BCUT2D eigenvalue weighted by Gasteiger charge is 2.30. The van der Waals surface area contributed by atoms with Gasteiger partial charge < -0.3 is 21.5 Å². The highest BCUT2D eigenvalue weighted by Crippen LogP contribution is 2.37. The number of hydrogen-bond donors (Lipinski definition) is 4. The van der Waals surface area contributed by atoms with Crippen LogP contribution in [0.5, 0.6) is 0 Å². The van der Waals surface area contributed by atoms with E-state index in [9.17, 15) is 18.7 Å². The van der Waals surface area contributed by atoms with Crippen molar-refractivity contribution in [3.63, 3.8) is 0 Å². The van der Waals surface area contributed by atoms with Crippen molar-refractivity contribution in [2.24, 2.45) is 11.7 Å². The molecule has 12 heteroatoms. The predicted octanol–water partition coefficient (Wildman–Crippen LogP) is 4.04. The Morgan fingerprint density at radius 1 is 1.11 bits per heavy atom. The van der Waals surface area contributed by atoms with Crippen molar-refractivity contribution in [1.29, 1.82) is 0 Å². The smallest absolute Gasteiger partial charge is 0.225 e. The predicted molar refractivity (Wildman–Crippen MR) is 127 cm³/mol. The molecule has 0 bridgehead atoms. The van der Waals surface area contributed by atoms with Crippen molar-refractivity contribution in [2.75, 3.05) is 10.6 Å². The Kier molecular flexibility index (Phi) is 6.45. The number of hydrogen-bond acceptors (Lipinski definition) is 7. The first-order chi connectivity index (χ1) is 16.8. The average molecular weight is 506 g/mol. The number of amides is 1. The molecule has 2 saturated carbocycles. The van der Waals surface area contributed by atoms with Crippen LogP contribution in [0.2, 0.25) is 5.02 Å². The fourth-order valence-corrected chi connectivity index (χ4v) is 5.18. The molecule has 2 aromatic heterocycles. The van der Waals surface area contributed by atoms with Crippen LogP contribution in [-0.4, -0.2) is 42.7 Å². The number of fused-ring (bicyclic) bond motifs is 1. The molecule has 2 aliphatic rings. The number of aliphatic hydroxyl groups is 1. The van der Waals surface area contributed by atoms with E-state index in [1.165, 1.54) is 0 Å². The van der Waals surface area contributed by atoms with Gasteiger partial charge in [0.25, 0.3) is 0 Å². The van der Waals surface area contributed by atoms with Gasteiger partial charge in [-0.3, -0.25) is 9.36 Å². The topological polar surface area (TPSA) is 131 Å². The molecule has 5 rings (SSSR count). The molecule has 2 heterocycles. The minimum atomic E-state index is -0.762. The van der Waals surface area contributed by atoms with E-state index >= 15 is 0 Å². The summed E-state index contributed by atoms with van der Waals surface area (Å²) < 4.78 is 30.5. The quantitative estimate of drug-likeness (QED) is 0.372. The fraction of sp³-hybridized carbons (Fsp3) is 0.478. The van der Waals surface area contributed by atoms with Gasteiger partial charge in [0.15, 0.2) is 5.65 Å². The molecule has 2 atom stereocenters. The Balaban J connectivity index is 1.53. The third-order valence-corrected chi connectivity index (χ3v) is 7.24. The second-order valence-corrected chi connectivity index (χ2v) is 9.64. The fourth-order valence-electron chi connectivity index (χ4n) is 5.03. The van der Waals surface area contributed by atoms with Crippen LogP contribution in [0, 0.1) is 17.6 Å². The maximum Gasteiger partial charge on any atom is 0.225 e. The first kappa shape index (κ1) is 23.7. The van der Waals surface area contributed by atoms with Gasteiger partial charge in [0.2, 0.25) is 17.8 Å². The number of benzene rings is 1. The normalized spacial score (nSPS) is 24.6. The van der Waals surface area contributed by atoms with Crippen molar-refractivity contribution in [2.45, 2.75) is 63.1 Å². The van der Waals surface area contributed by atoms with E-state index in [1.54, 1.807) is 6.20 Å². The van der Waals surface area contributed by atoms with Crippen LogP contribution >= 0.6 is 11.6 Å². The average Bonchev–Trinajstić information content (AvgIpc) is 3.40. The first-order valence-electron chi connectivity index (χ1n) is 11.7. The molecule has 1 unspecified atom stereocenters. The number of primary amides is 1. The summed E-state index contributed by atoms with van der Waals surface area (Å²) in [6.07, 6.45) is 6.02. The van der Waals surface area contributed by atoms with Gasteiger partial charge >= 0.3 is 0 Å². The molecule has 5 N–H and O–H groups in total. The number of carbonyl (C=O) groups excluding carboxylic acids is 1. The second kappa shape index (κ2) is 9.54. The van der Waals surface area contributed by atoms with Gasteiger partial charge in [0.05, 0.1) is 29.1 Å². The lowest BCUT2D eigenvalue weighted by Crippen LogP contribution is -2.29. The van der Waals surface area contributed by atoms with Gasteiger partial charge in [-0.25, -0.2) is 18.7 Å². The van der Waals surface area contributed by atoms with Crippen LogP contribution in [0.15, 0.2) is 18.3 Å². The number of halogens is 3. The number of carbonyl (C=O) groups is 1. The number of nitrogens with zero attached hydrogens (tertiary/aromatic N) is 4. The minimum absolute atomic E-state index is 0.0990. The molecular formula is C23H26ClF2N7O2. The molecule has 186 valence electrons. The molecule has 0 spiro atoms. The summed E-state index contributed by atoms with van der Waals surface area (Å²) in [7, 11) is 0. The van der Waals surface area contributed by atoms with Crippen molar-refractivity contribution < 1.29 is 18.7 Å². The molecule has 3 aromatic rings. The summed E-state index contributed by atoms with van der Waals surface area (Å²) in [4.78, 5) is 25.2. The van der Waals surface area contributed by atoms with Crippen molar-refractivity contribution in [3.8, 4) is 0 Å². The molecule has 2 fully saturated rings. The molecule has 1 amide bonds. The number of nitrogens with one attached hydrogen (secondary N) is 2. The second-order valence-electron chi connectivity index (χ2n) is 9.24. The van der Waals surface area contributed by atoms with E-state index in [0.29, 0.717) is 42.8 Å². The van der Waals surface area contributed by atoms with Crippen molar-refractivity contribution >= 4 is 46.3 Å². The lowest BCUT2D eigenvalue weighted by Gasteiger charge is -2.29. The molecular weight excluding hydrogens is 480 g/mol. The number of anilines is 3. The SMILES string of the molecule is NC(=O)C1CCC(n2c(Nc3cc(F)c(Cl)cc3F)nc3cnc(NC4CCC[C@H]4O)nc32)CC1. The number of aliphatic hydroxyl groups excluding tert-OH is 1. The summed E-state index contributed by atoms with van der Waals surface area (Å²) in [5, 5.41) is 15.9. The Hall–Kier alpha value is -3.05. The van der Waals surface area contributed by atoms with Crippen molar-refractivity contribution in [1.82, 2.24) is 19.5 Å². The monoisotopic (exact) mass is 505 g/mol. The highest BCUT2D eigenvalue weighted by molar-refractivity contribution is 6.30. The lowest BCUT2D eigenvalue weighted by molar-refractivity contribution is -0.122. The number of nitrogens with two attached hydrogens (primary N) is 1. The van der Waals surface area contributed by atoms with Gasteiger partial charge in [-0.05, 0) is 51.0 Å². The molecule has 1 aromatic carbocycles. The number of rotatable bonds is 6.